The summed E-state index contributed by atoms with van der Waals surface area (Å²) in [5, 5.41) is 0. The molecule has 0 aliphatic carbocycles. The summed E-state index contributed by atoms with van der Waals surface area (Å²) >= 11 is 0. The summed E-state index contributed by atoms with van der Waals surface area (Å²) in [6.45, 7) is 4.14. The Bertz CT molecular complexity index is 3200. The fourth-order valence-corrected chi connectivity index (χ4v) is 8.43. The van der Waals surface area contributed by atoms with Gasteiger partial charge in [-0.3, -0.25) is 19.9 Å². The van der Waals surface area contributed by atoms with Crippen LogP contribution in [-0.4, -0.2) is 39.9 Å². The van der Waals surface area contributed by atoms with Crippen LogP contribution in [0, 0.1) is 13.8 Å². The van der Waals surface area contributed by atoms with Crippen LogP contribution in [-0.2, 0) is 0 Å². The predicted molar refractivity (Wildman–Crippen MR) is 252 cm³/mol. The number of nitrogens with zero attached hydrogens (tertiary/aromatic N) is 6. The lowest BCUT2D eigenvalue weighted by molar-refractivity contribution is 1.23. The van der Waals surface area contributed by atoms with Crippen LogP contribution in [0.3, 0.4) is 0 Å². The number of aryl methyl sites for hydroxylation is 2. The lowest BCUT2D eigenvalue weighted by atomic mass is 10.0. The lowest BCUT2D eigenvalue weighted by Gasteiger charge is -2.08. The Morgan fingerprint density at radius 1 is 0.323 bits per heavy atom. The average molecular weight is 799 g/mol. The Balaban J connectivity index is 1.26. The first kappa shape index (κ1) is 36.7. The van der Waals surface area contributed by atoms with Crippen molar-refractivity contribution in [1.29, 1.82) is 0 Å². The molecular weight excluding hydrogens is 761 g/mol. The number of hydrogen-bond acceptors (Lipinski definition) is 6. The molecule has 0 radical (unpaired) electrons. The number of benzene rings is 2. The smallest absolute Gasteiger partial charge is 0.0892 e. The second-order valence-corrected chi connectivity index (χ2v) is 15.5. The van der Waals surface area contributed by atoms with Gasteiger partial charge in [0.15, 0.2) is 0 Å². The van der Waals surface area contributed by atoms with E-state index in [1.54, 1.807) is 0 Å². The van der Waals surface area contributed by atoms with E-state index in [9.17, 15) is 0 Å². The molecule has 0 saturated heterocycles. The van der Waals surface area contributed by atoms with Crippen LogP contribution in [0.15, 0.2) is 158 Å². The minimum atomic E-state index is 0.786. The first-order valence-corrected chi connectivity index (χ1v) is 20.6. The minimum Gasteiger partial charge on any atom is -0.354 e. The molecule has 0 fully saturated rings. The monoisotopic (exact) mass is 798 g/mol. The van der Waals surface area contributed by atoms with Crippen molar-refractivity contribution in [2.75, 3.05) is 0 Å². The van der Waals surface area contributed by atoms with Crippen molar-refractivity contribution in [2.45, 2.75) is 13.8 Å². The summed E-state index contributed by atoms with van der Waals surface area (Å²) in [5.41, 5.74) is 20.3. The van der Waals surface area contributed by atoms with Gasteiger partial charge in [0.1, 0.15) is 0 Å². The number of nitrogens with one attached hydrogen (secondary N) is 2. The van der Waals surface area contributed by atoms with E-state index in [1.165, 1.54) is 0 Å². The molecule has 9 aromatic rings. The Morgan fingerprint density at radius 2 is 0.645 bits per heavy atom. The summed E-state index contributed by atoms with van der Waals surface area (Å²) in [6, 6.07) is 45.9. The van der Waals surface area contributed by atoms with Crippen molar-refractivity contribution in [2.24, 2.45) is 0 Å². The fourth-order valence-electron chi connectivity index (χ4n) is 8.43. The molecule has 11 rings (SSSR count). The molecule has 9 heterocycles. The number of aromatic nitrogens is 8. The maximum absolute atomic E-state index is 5.47. The highest BCUT2D eigenvalue weighted by molar-refractivity contribution is 6.00. The second kappa shape index (κ2) is 15.3. The summed E-state index contributed by atoms with van der Waals surface area (Å²) in [4.78, 5) is 37.5. The van der Waals surface area contributed by atoms with E-state index < -0.39 is 0 Å². The van der Waals surface area contributed by atoms with Gasteiger partial charge in [0.2, 0.25) is 0 Å². The standard InChI is InChI=1S/C54H38N8/c1-33-21-25-55-47(29-33)49-31-37(23-27-57-49)53-43-17-13-39(59-43)51(35-9-5-3-6-10-35)41-15-19-45(61-41)54(38-24-28-58-50(32-38)48-30-34(2)22-26-56-48)46-20-16-42(62-46)52(36-11-7-4-8-12-36)40-14-18-44(53)60-40/h3-32,59,62H,1-2H3. The molecule has 0 amide bonds. The minimum absolute atomic E-state index is 0.786. The topological polar surface area (TPSA) is 109 Å². The van der Waals surface area contributed by atoms with Crippen molar-refractivity contribution in [3.63, 3.8) is 0 Å². The summed E-state index contributed by atoms with van der Waals surface area (Å²) in [5.74, 6) is 0. The molecule has 8 bridgehead atoms. The maximum Gasteiger partial charge on any atom is 0.0892 e. The molecule has 62 heavy (non-hydrogen) atoms. The Kier molecular flexibility index (Phi) is 9.08. The molecule has 0 saturated carbocycles. The van der Waals surface area contributed by atoms with E-state index in [2.05, 4.69) is 155 Å². The lowest BCUT2D eigenvalue weighted by Crippen LogP contribution is -1.92. The zero-order valence-electron chi connectivity index (χ0n) is 34.0. The zero-order chi connectivity index (χ0) is 41.6. The third-order valence-electron chi connectivity index (χ3n) is 11.3. The molecule has 0 unspecified atom stereocenters. The normalized spacial score (nSPS) is 11.9. The van der Waals surface area contributed by atoms with E-state index in [0.29, 0.717) is 0 Å². The van der Waals surface area contributed by atoms with Gasteiger partial charge in [0, 0.05) is 69.1 Å². The molecule has 8 nitrogen and oxygen atoms in total. The first-order valence-electron chi connectivity index (χ1n) is 20.6. The Morgan fingerprint density at radius 3 is 1.00 bits per heavy atom. The van der Waals surface area contributed by atoms with Crippen LogP contribution in [0.2, 0.25) is 0 Å². The van der Waals surface area contributed by atoms with Gasteiger partial charge in [0.25, 0.3) is 0 Å². The van der Waals surface area contributed by atoms with Gasteiger partial charge in [0.05, 0.1) is 45.6 Å². The molecular formula is C54H38N8. The van der Waals surface area contributed by atoms with E-state index >= 15 is 0 Å². The van der Waals surface area contributed by atoms with E-state index in [0.717, 1.165) is 123 Å². The van der Waals surface area contributed by atoms with Crippen LogP contribution < -0.4 is 0 Å². The summed E-state index contributed by atoms with van der Waals surface area (Å²) < 4.78 is 0. The van der Waals surface area contributed by atoms with Gasteiger partial charge in [-0.05, 0) is 144 Å². The fraction of sp³-hybridized carbons (Fsp3) is 0.0370. The molecule has 2 aliphatic rings. The van der Waals surface area contributed by atoms with Crippen LogP contribution in [0.1, 0.15) is 33.9 Å². The van der Waals surface area contributed by atoms with Crippen molar-refractivity contribution < 1.29 is 0 Å². The second-order valence-electron chi connectivity index (χ2n) is 15.5. The van der Waals surface area contributed by atoms with Crippen LogP contribution in [0.4, 0.5) is 0 Å². The van der Waals surface area contributed by atoms with Gasteiger partial charge < -0.3 is 9.97 Å². The number of pyridine rings is 4. The summed E-state index contributed by atoms with van der Waals surface area (Å²) in [6.07, 6.45) is 15.8. The summed E-state index contributed by atoms with van der Waals surface area (Å²) in [7, 11) is 0. The third-order valence-corrected chi connectivity index (χ3v) is 11.3. The molecule has 7 aromatic heterocycles. The Labute approximate surface area is 358 Å². The van der Waals surface area contributed by atoms with Crippen molar-refractivity contribution >= 4 is 46.4 Å². The van der Waals surface area contributed by atoms with Gasteiger partial charge >= 0.3 is 0 Å². The molecule has 0 spiro atoms. The molecule has 294 valence electrons. The molecule has 2 aliphatic heterocycles. The van der Waals surface area contributed by atoms with Crippen LogP contribution >= 0.6 is 0 Å². The van der Waals surface area contributed by atoms with Gasteiger partial charge in [-0.15, -0.1) is 0 Å². The highest BCUT2D eigenvalue weighted by atomic mass is 14.8. The van der Waals surface area contributed by atoms with Crippen LogP contribution in [0.25, 0.3) is 114 Å². The van der Waals surface area contributed by atoms with Crippen molar-refractivity contribution in [3.8, 4) is 67.3 Å². The maximum atomic E-state index is 5.47. The highest BCUT2D eigenvalue weighted by Gasteiger charge is 2.20. The largest absolute Gasteiger partial charge is 0.354 e. The quantitative estimate of drug-likeness (QED) is 0.173. The number of fused-ring (bicyclic) bond motifs is 8. The van der Waals surface area contributed by atoms with E-state index in [1.807, 2.05) is 61.2 Å². The average Bonchev–Trinajstić information content (AvgIpc) is 4.16. The Hall–Kier alpha value is -8.36. The van der Waals surface area contributed by atoms with Crippen molar-refractivity contribution in [1.82, 2.24) is 39.9 Å². The van der Waals surface area contributed by atoms with E-state index in [-0.39, 0.29) is 0 Å². The van der Waals surface area contributed by atoms with Crippen LogP contribution in [0.5, 0.6) is 0 Å². The number of H-pyrrole nitrogens is 2. The van der Waals surface area contributed by atoms with Gasteiger partial charge in [-0.1, -0.05) is 60.7 Å². The SMILES string of the molecule is Cc1ccnc(-c2cc(-c3c4nc(c(-c5ccccc5)c5ccc([nH]5)c(-c5ccnc(-c6cc(C)ccn6)c5)c5nc(c(-c6ccccc6)c6ccc3[nH]6)C=C5)C=C4)ccn2)c1. The van der Waals surface area contributed by atoms with E-state index in [4.69, 9.17) is 19.9 Å². The molecule has 8 heteroatoms. The van der Waals surface area contributed by atoms with Gasteiger partial charge in [-0.25, -0.2) is 9.97 Å². The first-order chi connectivity index (χ1) is 30.5. The third kappa shape index (κ3) is 6.79. The zero-order valence-corrected chi connectivity index (χ0v) is 34.0. The number of hydrogen-bond donors (Lipinski definition) is 2. The molecule has 2 aromatic carbocycles. The highest BCUT2D eigenvalue weighted by Crippen LogP contribution is 2.39. The number of aromatic amines is 2. The van der Waals surface area contributed by atoms with Crippen molar-refractivity contribution in [3.05, 3.63) is 192 Å². The molecule has 0 atom stereocenters. The number of rotatable bonds is 6. The predicted octanol–water partition coefficient (Wildman–Crippen LogP) is 12.9. The molecule has 2 N–H and O–H groups in total. The van der Waals surface area contributed by atoms with Gasteiger partial charge in [-0.2, -0.15) is 0 Å².